The first-order valence-corrected chi connectivity index (χ1v) is 6.27. The molecule has 2 aromatic rings. The van der Waals surface area contributed by atoms with E-state index in [0.29, 0.717) is 16.5 Å². The highest BCUT2D eigenvalue weighted by atomic mass is 16.6. The number of carbonyl (C=O) groups is 2. The Hall–Kier alpha value is -2.30. The fraction of sp³-hybridized carbons (Fsp3) is 0.333. The molecule has 5 heteroatoms. The summed E-state index contributed by atoms with van der Waals surface area (Å²) in [7, 11) is 0. The Morgan fingerprint density at radius 3 is 2.45 bits per heavy atom. The quantitative estimate of drug-likeness (QED) is 0.810. The summed E-state index contributed by atoms with van der Waals surface area (Å²) >= 11 is 0. The van der Waals surface area contributed by atoms with Gasteiger partial charge in [0.1, 0.15) is 11.4 Å². The Balaban J connectivity index is 2.60. The number of rotatable bonds is 1. The van der Waals surface area contributed by atoms with Gasteiger partial charge in [-0.1, -0.05) is 0 Å². The predicted octanol–water partition coefficient (Wildman–Crippen LogP) is 3.33. The molecule has 0 aliphatic heterocycles. The molecule has 0 aliphatic rings. The zero-order valence-electron chi connectivity index (χ0n) is 11.9. The van der Waals surface area contributed by atoms with Crippen molar-refractivity contribution in [3.63, 3.8) is 0 Å². The first-order chi connectivity index (χ1) is 9.19. The molecule has 0 unspecified atom stereocenters. The Morgan fingerprint density at radius 2 is 1.90 bits per heavy atom. The first-order valence-electron chi connectivity index (χ1n) is 6.27. The number of Topliss-reactive ketones (excluding diaryl/α,β-unsaturated/α-hetero) is 1. The molecule has 0 radical (unpaired) electrons. The van der Waals surface area contributed by atoms with Gasteiger partial charge in [0, 0.05) is 17.1 Å². The molecular formula is C15H17NO4. The molecule has 5 nitrogen and oxygen atoms in total. The summed E-state index contributed by atoms with van der Waals surface area (Å²) in [4.78, 5) is 23.8. The van der Waals surface area contributed by atoms with Crippen molar-refractivity contribution in [3.05, 3.63) is 30.0 Å². The van der Waals surface area contributed by atoms with Crippen LogP contribution in [0.4, 0.5) is 4.79 Å². The lowest BCUT2D eigenvalue weighted by molar-refractivity contribution is 0.0544. The van der Waals surface area contributed by atoms with Gasteiger partial charge in [-0.05, 0) is 45.9 Å². The summed E-state index contributed by atoms with van der Waals surface area (Å²) in [5.41, 5.74) is 0.282. The maximum Gasteiger partial charge on any atom is 0.419 e. The normalized spacial score (nSPS) is 11.6. The van der Waals surface area contributed by atoms with Crippen LogP contribution in [0.2, 0.25) is 0 Å². The summed E-state index contributed by atoms with van der Waals surface area (Å²) in [5.74, 6) is -0.134. The van der Waals surface area contributed by atoms with Crippen LogP contribution in [-0.2, 0) is 4.74 Å². The maximum absolute atomic E-state index is 12.2. The van der Waals surface area contributed by atoms with E-state index in [2.05, 4.69) is 0 Å². The van der Waals surface area contributed by atoms with Crippen molar-refractivity contribution < 1.29 is 19.4 Å². The molecule has 0 bridgehead atoms. The highest BCUT2D eigenvalue weighted by molar-refractivity contribution is 6.09. The van der Waals surface area contributed by atoms with Gasteiger partial charge in [-0.15, -0.1) is 0 Å². The second-order valence-corrected chi connectivity index (χ2v) is 5.65. The molecule has 1 aromatic heterocycles. The van der Waals surface area contributed by atoms with Crippen molar-refractivity contribution >= 4 is 22.8 Å². The third-order valence-corrected chi connectivity index (χ3v) is 2.76. The van der Waals surface area contributed by atoms with Gasteiger partial charge in [0.15, 0.2) is 5.78 Å². The number of aromatic hydroxyl groups is 1. The van der Waals surface area contributed by atoms with E-state index < -0.39 is 11.7 Å². The predicted molar refractivity (Wildman–Crippen MR) is 75.2 cm³/mol. The molecule has 0 saturated carbocycles. The summed E-state index contributed by atoms with van der Waals surface area (Å²) in [5, 5.41) is 10.1. The lowest BCUT2D eigenvalue weighted by Crippen LogP contribution is -2.26. The molecule has 0 fully saturated rings. The van der Waals surface area contributed by atoms with Gasteiger partial charge in [-0.25, -0.2) is 4.79 Å². The van der Waals surface area contributed by atoms with Gasteiger partial charge >= 0.3 is 6.09 Å². The minimum Gasteiger partial charge on any atom is -0.508 e. The van der Waals surface area contributed by atoms with Crippen LogP contribution in [0.1, 0.15) is 38.1 Å². The minimum absolute atomic E-state index is 0.0435. The van der Waals surface area contributed by atoms with Crippen LogP contribution >= 0.6 is 0 Å². The van der Waals surface area contributed by atoms with Crippen molar-refractivity contribution in [3.8, 4) is 5.75 Å². The molecule has 106 valence electrons. The van der Waals surface area contributed by atoms with E-state index in [4.69, 9.17) is 4.74 Å². The van der Waals surface area contributed by atoms with Crippen molar-refractivity contribution in [2.45, 2.75) is 33.3 Å². The van der Waals surface area contributed by atoms with Crippen LogP contribution in [-0.4, -0.2) is 27.2 Å². The van der Waals surface area contributed by atoms with Crippen LogP contribution in [0, 0.1) is 0 Å². The van der Waals surface area contributed by atoms with E-state index in [-0.39, 0.29) is 11.5 Å². The first kappa shape index (κ1) is 14.1. The van der Waals surface area contributed by atoms with Crippen LogP contribution in [0.25, 0.3) is 10.9 Å². The number of benzene rings is 1. The molecular weight excluding hydrogens is 258 g/mol. The molecule has 0 atom stereocenters. The fourth-order valence-corrected chi connectivity index (χ4v) is 1.96. The van der Waals surface area contributed by atoms with E-state index in [1.807, 2.05) is 0 Å². The Labute approximate surface area is 116 Å². The number of ether oxygens (including phenoxy) is 1. The summed E-state index contributed by atoms with van der Waals surface area (Å²) in [6.07, 6.45) is 0.890. The fourth-order valence-electron chi connectivity index (χ4n) is 1.96. The van der Waals surface area contributed by atoms with Gasteiger partial charge in [0.05, 0.1) is 5.52 Å². The minimum atomic E-state index is -0.624. The molecule has 1 aromatic carbocycles. The van der Waals surface area contributed by atoms with Crippen LogP contribution in [0.15, 0.2) is 24.4 Å². The van der Waals surface area contributed by atoms with Crippen molar-refractivity contribution in [1.82, 2.24) is 4.57 Å². The topological polar surface area (TPSA) is 68.5 Å². The van der Waals surface area contributed by atoms with E-state index in [1.54, 1.807) is 26.8 Å². The smallest absolute Gasteiger partial charge is 0.419 e. The number of phenolic OH excluding ortho intramolecular Hbond substituents is 1. The van der Waals surface area contributed by atoms with Crippen LogP contribution in [0.3, 0.4) is 0 Å². The maximum atomic E-state index is 12.2. The molecule has 0 aliphatic carbocycles. The van der Waals surface area contributed by atoms with Gasteiger partial charge in [-0.3, -0.25) is 9.36 Å². The summed E-state index contributed by atoms with van der Waals surface area (Å²) < 4.78 is 6.59. The monoisotopic (exact) mass is 275 g/mol. The molecule has 1 heterocycles. The number of ketones is 1. The highest BCUT2D eigenvalue weighted by Gasteiger charge is 2.21. The highest BCUT2D eigenvalue weighted by Crippen LogP contribution is 2.26. The molecule has 20 heavy (non-hydrogen) atoms. The van der Waals surface area contributed by atoms with Gasteiger partial charge in [-0.2, -0.15) is 0 Å². The molecule has 2 rings (SSSR count). The molecule has 0 amide bonds. The Bertz CT molecular complexity index is 692. The van der Waals surface area contributed by atoms with E-state index in [0.717, 1.165) is 0 Å². The van der Waals surface area contributed by atoms with Crippen molar-refractivity contribution in [2.24, 2.45) is 0 Å². The number of aromatic nitrogens is 1. The lowest BCUT2D eigenvalue weighted by Gasteiger charge is -2.19. The van der Waals surface area contributed by atoms with Crippen LogP contribution < -0.4 is 0 Å². The molecule has 1 N–H and O–H groups in total. The molecule has 0 saturated heterocycles. The van der Waals surface area contributed by atoms with Gasteiger partial charge < -0.3 is 9.84 Å². The number of nitrogens with zero attached hydrogens (tertiary/aromatic N) is 1. The SMILES string of the molecule is CC(=O)c1cn(C(=O)OC(C)(C)C)c2ccc(O)cc12. The van der Waals surface area contributed by atoms with Gasteiger partial charge in [0.25, 0.3) is 0 Å². The number of hydrogen-bond acceptors (Lipinski definition) is 4. The number of carbonyl (C=O) groups excluding carboxylic acids is 2. The largest absolute Gasteiger partial charge is 0.508 e. The summed E-state index contributed by atoms with van der Waals surface area (Å²) in [6, 6.07) is 4.51. The molecule has 0 spiro atoms. The zero-order chi connectivity index (χ0) is 15.1. The Morgan fingerprint density at radius 1 is 1.25 bits per heavy atom. The third-order valence-electron chi connectivity index (χ3n) is 2.76. The number of hydrogen-bond donors (Lipinski definition) is 1. The van der Waals surface area contributed by atoms with Crippen LogP contribution in [0.5, 0.6) is 5.75 Å². The average Bonchev–Trinajstić information content (AvgIpc) is 2.65. The third kappa shape index (κ3) is 2.66. The van der Waals surface area contributed by atoms with E-state index in [1.165, 1.54) is 29.8 Å². The van der Waals surface area contributed by atoms with E-state index >= 15 is 0 Å². The second kappa shape index (κ2) is 4.67. The zero-order valence-corrected chi connectivity index (χ0v) is 11.9. The Kier molecular flexibility index (Phi) is 3.29. The average molecular weight is 275 g/mol. The van der Waals surface area contributed by atoms with E-state index in [9.17, 15) is 14.7 Å². The summed E-state index contributed by atoms with van der Waals surface area (Å²) in [6.45, 7) is 6.73. The van der Waals surface area contributed by atoms with Crippen molar-refractivity contribution in [1.29, 1.82) is 0 Å². The number of phenols is 1. The van der Waals surface area contributed by atoms with Gasteiger partial charge in [0.2, 0.25) is 0 Å². The standard InChI is InChI=1S/C15H17NO4/c1-9(17)12-8-16(14(19)20-15(2,3)4)13-6-5-10(18)7-11(12)13/h5-8,18H,1-4H3. The second-order valence-electron chi connectivity index (χ2n) is 5.65. The van der Waals surface area contributed by atoms with Crippen molar-refractivity contribution in [2.75, 3.05) is 0 Å². The number of fused-ring (bicyclic) bond motifs is 1. The lowest BCUT2D eigenvalue weighted by atomic mass is 10.1.